The Morgan fingerprint density at radius 3 is 2.63 bits per heavy atom. The molecule has 3 unspecified atom stereocenters. The highest BCUT2D eigenvalue weighted by molar-refractivity contribution is 8.00. The van der Waals surface area contributed by atoms with Crippen LogP contribution < -0.4 is 5.32 Å². The molecule has 0 spiro atoms. The zero-order valence-corrected chi connectivity index (χ0v) is 12.4. The van der Waals surface area contributed by atoms with Crippen LogP contribution in [0.4, 0.5) is 13.2 Å². The lowest BCUT2D eigenvalue weighted by Crippen LogP contribution is -2.39. The van der Waals surface area contributed by atoms with Crippen LogP contribution in [0.25, 0.3) is 0 Å². The Bertz CT molecular complexity index is 295. The van der Waals surface area contributed by atoms with Crippen LogP contribution in [-0.2, 0) is 0 Å². The quantitative estimate of drug-likeness (QED) is 0.697. The molecule has 0 aromatic rings. The van der Waals surface area contributed by atoms with Gasteiger partial charge in [-0.25, -0.2) is 0 Å². The third kappa shape index (κ3) is 4.03. The number of halogens is 3. The number of fused-ring (bicyclic) bond motifs is 2. The molecule has 0 aromatic carbocycles. The second-order valence-electron chi connectivity index (χ2n) is 6.16. The van der Waals surface area contributed by atoms with Crippen LogP contribution in [0.2, 0.25) is 0 Å². The zero-order valence-electron chi connectivity index (χ0n) is 11.6. The van der Waals surface area contributed by atoms with E-state index in [4.69, 9.17) is 0 Å². The topological polar surface area (TPSA) is 12.0 Å². The molecule has 112 valence electrons. The van der Waals surface area contributed by atoms with Gasteiger partial charge in [-0.15, -0.1) is 0 Å². The van der Waals surface area contributed by atoms with Gasteiger partial charge in [0.05, 0.1) is 0 Å². The smallest absolute Gasteiger partial charge is 0.316 e. The molecule has 0 saturated heterocycles. The summed E-state index contributed by atoms with van der Waals surface area (Å²) in [6.07, 6.45) is 6.73. The maximum absolute atomic E-state index is 12.3. The fourth-order valence-corrected chi connectivity index (χ4v) is 4.79. The van der Waals surface area contributed by atoms with Crippen LogP contribution in [0.5, 0.6) is 0 Å². The minimum absolute atomic E-state index is 0.149. The lowest BCUT2D eigenvalue weighted by Gasteiger charge is -2.38. The van der Waals surface area contributed by atoms with E-state index < -0.39 is 5.51 Å². The third-order valence-electron chi connectivity index (χ3n) is 4.87. The minimum Gasteiger partial charge on any atom is -0.316 e. The van der Waals surface area contributed by atoms with Gasteiger partial charge in [0.25, 0.3) is 0 Å². The summed E-state index contributed by atoms with van der Waals surface area (Å²) in [6, 6.07) is 0. The first-order valence-electron chi connectivity index (χ1n) is 7.36. The van der Waals surface area contributed by atoms with Gasteiger partial charge in [0.1, 0.15) is 0 Å². The number of nitrogens with one attached hydrogen (secondary N) is 1. The number of alkyl halides is 3. The van der Waals surface area contributed by atoms with Crippen molar-refractivity contribution in [3.63, 3.8) is 0 Å². The molecule has 19 heavy (non-hydrogen) atoms. The van der Waals surface area contributed by atoms with Crippen LogP contribution in [0, 0.1) is 17.3 Å². The molecular formula is C14H24F3NS. The third-order valence-corrected chi connectivity index (χ3v) is 5.61. The maximum Gasteiger partial charge on any atom is 0.441 e. The summed E-state index contributed by atoms with van der Waals surface area (Å²) in [5.74, 6) is 1.67. The van der Waals surface area contributed by atoms with E-state index in [0.717, 1.165) is 38.3 Å². The highest BCUT2D eigenvalue weighted by atomic mass is 32.2. The van der Waals surface area contributed by atoms with Crippen molar-refractivity contribution in [2.75, 3.05) is 18.8 Å². The Kier molecular flexibility index (Phi) is 5.09. The van der Waals surface area contributed by atoms with Gasteiger partial charge >= 0.3 is 5.51 Å². The Balaban J connectivity index is 1.88. The molecule has 2 aliphatic carbocycles. The molecule has 3 atom stereocenters. The van der Waals surface area contributed by atoms with Crippen molar-refractivity contribution in [3.05, 3.63) is 0 Å². The summed E-state index contributed by atoms with van der Waals surface area (Å²) in [5, 5.41) is 3.46. The van der Waals surface area contributed by atoms with E-state index in [1.807, 2.05) is 0 Å². The van der Waals surface area contributed by atoms with Gasteiger partial charge < -0.3 is 5.32 Å². The van der Waals surface area contributed by atoms with Crippen molar-refractivity contribution in [2.45, 2.75) is 51.0 Å². The summed E-state index contributed by atoms with van der Waals surface area (Å²) in [7, 11) is 0. The molecule has 1 N–H and O–H groups in total. The molecule has 1 nitrogen and oxygen atoms in total. The Morgan fingerprint density at radius 1 is 1.32 bits per heavy atom. The average molecular weight is 295 g/mol. The van der Waals surface area contributed by atoms with E-state index in [2.05, 4.69) is 12.2 Å². The molecular weight excluding hydrogens is 271 g/mol. The van der Waals surface area contributed by atoms with Gasteiger partial charge in [-0.1, -0.05) is 25.1 Å². The van der Waals surface area contributed by atoms with Crippen molar-refractivity contribution in [3.8, 4) is 0 Å². The van der Waals surface area contributed by atoms with Crippen molar-refractivity contribution in [1.29, 1.82) is 0 Å². The molecule has 2 bridgehead atoms. The van der Waals surface area contributed by atoms with Crippen LogP contribution in [-0.4, -0.2) is 24.4 Å². The number of rotatable bonds is 7. The summed E-state index contributed by atoms with van der Waals surface area (Å²) < 4.78 is 36.9. The molecule has 2 aliphatic rings. The molecule has 0 radical (unpaired) electrons. The van der Waals surface area contributed by atoms with Gasteiger partial charge in [0, 0.05) is 12.3 Å². The fourth-order valence-electron chi connectivity index (χ4n) is 4.05. The first-order chi connectivity index (χ1) is 8.95. The fraction of sp³-hybridized carbons (Fsp3) is 1.00. The number of hydrogen-bond acceptors (Lipinski definition) is 2. The van der Waals surface area contributed by atoms with Crippen molar-refractivity contribution in [1.82, 2.24) is 5.32 Å². The van der Waals surface area contributed by atoms with Crippen LogP contribution >= 0.6 is 11.8 Å². The van der Waals surface area contributed by atoms with Crippen LogP contribution in [0.1, 0.15) is 45.4 Å². The average Bonchev–Trinajstić information content (AvgIpc) is 2.88. The van der Waals surface area contributed by atoms with Crippen LogP contribution in [0.3, 0.4) is 0 Å². The van der Waals surface area contributed by atoms with Gasteiger partial charge in [-0.05, 0) is 55.9 Å². The van der Waals surface area contributed by atoms with Crippen molar-refractivity contribution in [2.24, 2.45) is 17.3 Å². The van der Waals surface area contributed by atoms with Crippen LogP contribution in [0.15, 0.2) is 0 Å². The van der Waals surface area contributed by atoms with Gasteiger partial charge in [0.15, 0.2) is 0 Å². The van der Waals surface area contributed by atoms with Gasteiger partial charge in [-0.2, -0.15) is 13.2 Å². The Morgan fingerprint density at radius 2 is 2.11 bits per heavy atom. The summed E-state index contributed by atoms with van der Waals surface area (Å²) in [4.78, 5) is 0. The van der Waals surface area contributed by atoms with E-state index in [1.165, 1.54) is 19.3 Å². The lowest BCUT2D eigenvalue weighted by atomic mass is 9.71. The van der Waals surface area contributed by atoms with E-state index in [-0.39, 0.29) is 22.9 Å². The molecule has 0 amide bonds. The predicted octanol–water partition coefficient (Wildman–Crippen LogP) is 4.44. The Labute approximate surface area is 118 Å². The molecule has 5 heteroatoms. The largest absolute Gasteiger partial charge is 0.441 e. The molecule has 0 heterocycles. The monoisotopic (exact) mass is 295 g/mol. The minimum atomic E-state index is -4.07. The highest BCUT2D eigenvalue weighted by Crippen LogP contribution is 2.57. The Hall–Kier alpha value is 0.100. The SMILES string of the molecule is CCCNCC1(CCSC(F)(F)F)CC2CCC1C2. The molecule has 2 rings (SSSR count). The van der Waals surface area contributed by atoms with E-state index in [9.17, 15) is 13.2 Å². The molecule has 2 saturated carbocycles. The lowest BCUT2D eigenvalue weighted by molar-refractivity contribution is -0.0330. The van der Waals surface area contributed by atoms with E-state index in [0.29, 0.717) is 5.92 Å². The summed E-state index contributed by atoms with van der Waals surface area (Å²) in [5.41, 5.74) is -3.92. The summed E-state index contributed by atoms with van der Waals surface area (Å²) in [6.45, 7) is 4.02. The van der Waals surface area contributed by atoms with Gasteiger partial charge in [0.2, 0.25) is 0 Å². The standard InChI is InChI=1S/C14H24F3NS/c1-2-6-18-10-13(5-7-19-14(15,16)17)9-11-3-4-12(13)8-11/h11-12,18H,2-10H2,1H3. The maximum atomic E-state index is 12.3. The van der Waals surface area contributed by atoms with E-state index >= 15 is 0 Å². The first kappa shape index (κ1) is 15.5. The molecule has 0 aromatic heterocycles. The summed E-state index contributed by atoms with van der Waals surface area (Å²) >= 11 is 0.158. The molecule has 2 fully saturated rings. The predicted molar refractivity (Wildman–Crippen MR) is 74.2 cm³/mol. The number of hydrogen-bond donors (Lipinski definition) is 1. The van der Waals surface area contributed by atoms with E-state index in [1.54, 1.807) is 0 Å². The van der Waals surface area contributed by atoms with Gasteiger partial charge in [-0.3, -0.25) is 0 Å². The van der Waals surface area contributed by atoms with Crippen molar-refractivity contribution < 1.29 is 13.2 Å². The normalized spacial score (nSPS) is 34.1. The molecule has 0 aliphatic heterocycles. The number of thioether (sulfide) groups is 1. The first-order valence-corrected chi connectivity index (χ1v) is 8.35. The second kappa shape index (κ2) is 6.25. The highest BCUT2D eigenvalue weighted by Gasteiger charge is 2.50. The van der Waals surface area contributed by atoms with Crippen molar-refractivity contribution >= 4 is 11.8 Å². The second-order valence-corrected chi connectivity index (χ2v) is 7.32. The zero-order chi connectivity index (χ0) is 13.9.